The summed E-state index contributed by atoms with van der Waals surface area (Å²) in [6.07, 6.45) is 5.03. The summed E-state index contributed by atoms with van der Waals surface area (Å²) in [4.78, 5) is 16.3. The van der Waals surface area contributed by atoms with Crippen molar-refractivity contribution in [2.45, 2.75) is 26.2 Å². The van der Waals surface area contributed by atoms with Gasteiger partial charge in [-0.25, -0.2) is 0 Å². The van der Waals surface area contributed by atoms with Gasteiger partial charge in [0.15, 0.2) is 5.78 Å². The number of hydrogen-bond donors (Lipinski definition) is 1. The van der Waals surface area contributed by atoms with Gasteiger partial charge < -0.3 is 15.0 Å². The van der Waals surface area contributed by atoms with Gasteiger partial charge in [-0.15, -0.1) is 0 Å². The molecule has 0 fully saturated rings. The lowest BCUT2D eigenvalue weighted by Crippen LogP contribution is -2.37. The van der Waals surface area contributed by atoms with E-state index in [-0.39, 0.29) is 17.1 Å². The summed E-state index contributed by atoms with van der Waals surface area (Å²) in [5.74, 6) is 0.814. The number of rotatable bonds is 5. The van der Waals surface area contributed by atoms with E-state index in [1.54, 1.807) is 7.11 Å². The summed E-state index contributed by atoms with van der Waals surface area (Å²) in [6.45, 7) is 4.33. The Kier molecular flexibility index (Phi) is 6.51. The van der Waals surface area contributed by atoms with Gasteiger partial charge in [0.2, 0.25) is 0 Å². The Morgan fingerprint density at radius 2 is 1.62 bits per heavy atom. The summed E-state index contributed by atoms with van der Waals surface area (Å²) in [5.41, 5.74) is 7.78. The van der Waals surface area contributed by atoms with Gasteiger partial charge in [0.05, 0.1) is 7.11 Å². The number of Topliss-reactive ketones (excluding diaryl/α,β-unsaturated/α-hetero) is 1. The van der Waals surface area contributed by atoms with Crippen molar-refractivity contribution in [1.82, 2.24) is 5.32 Å². The number of methoxy groups -OCH3 is 1. The second-order valence-corrected chi connectivity index (χ2v) is 10.6. The minimum atomic E-state index is -0.313. The fourth-order valence-corrected chi connectivity index (χ4v) is 5.28. The van der Waals surface area contributed by atoms with Gasteiger partial charge in [-0.1, -0.05) is 56.3 Å². The number of nitrogens with zero attached hydrogens (tertiary/aromatic N) is 1. The zero-order valence-corrected chi connectivity index (χ0v) is 22.2. The molecule has 0 aromatic heterocycles. The van der Waals surface area contributed by atoms with E-state index in [4.69, 9.17) is 4.74 Å². The molecule has 5 rings (SSSR count). The summed E-state index contributed by atoms with van der Waals surface area (Å²) in [6, 6.07) is 26.7. The summed E-state index contributed by atoms with van der Waals surface area (Å²) >= 11 is 0. The molecule has 3 aromatic carbocycles. The third kappa shape index (κ3) is 4.84. The molecule has 1 atom stereocenters. The zero-order valence-electron chi connectivity index (χ0n) is 22.2. The minimum absolute atomic E-state index is 0.120. The number of nitrogens with one attached hydrogen (secondary N) is 1. The highest BCUT2D eigenvalue weighted by Gasteiger charge is 2.42. The lowest BCUT2D eigenvalue weighted by molar-refractivity contribution is -0.113. The molecule has 1 unspecified atom stereocenters. The molecule has 0 amide bonds. The third-order valence-corrected chi connectivity index (χ3v) is 7.37. The molecule has 0 saturated heterocycles. The van der Waals surface area contributed by atoms with Crippen LogP contribution in [0.15, 0.2) is 102 Å². The van der Waals surface area contributed by atoms with Crippen molar-refractivity contribution >= 4 is 23.2 Å². The molecule has 4 nitrogen and oxygen atoms in total. The quantitative estimate of drug-likeness (QED) is 0.398. The number of dihydropyridines is 1. The fourth-order valence-electron chi connectivity index (χ4n) is 5.28. The SMILES string of the molecule is COc1ccc(C2=CC(c3ccccc3)C3=C(CC(C)(C)/C(=C/c4ccc(N(C)C)cc4)C3=O)N2)cc1. The number of ether oxygens (including phenoxy) is 1. The Balaban J connectivity index is 1.58. The van der Waals surface area contributed by atoms with Crippen molar-refractivity contribution in [3.05, 3.63) is 118 Å². The van der Waals surface area contributed by atoms with E-state index >= 15 is 0 Å². The first-order valence-corrected chi connectivity index (χ1v) is 12.7. The number of benzene rings is 3. The summed E-state index contributed by atoms with van der Waals surface area (Å²) in [7, 11) is 5.73. The molecule has 1 aliphatic heterocycles. The number of carbonyl (C=O) groups excluding carboxylic acids is 1. The number of carbonyl (C=O) groups is 1. The van der Waals surface area contributed by atoms with Crippen LogP contribution in [0.5, 0.6) is 5.75 Å². The molecule has 3 aromatic rings. The highest BCUT2D eigenvalue weighted by atomic mass is 16.5. The van der Waals surface area contributed by atoms with Crippen molar-refractivity contribution in [2.75, 3.05) is 26.1 Å². The number of anilines is 1. The Bertz CT molecular complexity index is 1390. The van der Waals surface area contributed by atoms with Crippen molar-refractivity contribution in [3.8, 4) is 5.75 Å². The van der Waals surface area contributed by atoms with Crippen molar-refractivity contribution in [2.24, 2.45) is 5.41 Å². The lowest BCUT2D eigenvalue weighted by atomic mass is 9.67. The van der Waals surface area contributed by atoms with E-state index in [1.165, 1.54) is 0 Å². The first-order chi connectivity index (χ1) is 17.8. The molecule has 1 heterocycles. The molecule has 0 bridgehead atoms. The predicted molar refractivity (Wildman–Crippen MR) is 152 cm³/mol. The van der Waals surface area contributed by atoms with Crippen LogP contribution in [0.3, 0.4) is 0 Å². The van der Waals surface area contributed by atoms with Crippen LogP contribution in [0.1, 0.15) is 42.9 Å². The van der Waals surface area contributed by atoms with Crippen LogP contribution >= 0.6 is 0 Å². The topological polar surface area (TPSA) is 41.6 Å². The van der Waals surface area contributed by atoms with Crippen LogP contribution in [0.25, 0.3) is 11.8 Å². The number of hydrogen-bond acceptors (Lipinski definition) is 4. The molecule has 0 radical (unpaired) electrons. The van der Waals surface area contributed by atoms with Crippen molar-refractivity contribution in [1.29, 1.82) is 0 Å². The third-order valence-electron chi connectivity index (χ3n) is 7.37. The molecule has 37 heavy (non-hydrogen) atoms. The second kappa shape index (κ2) is 9.78. The number of ketones is 1. The maximum atomic E-state index is 14.2. The highest BCUT2D eigenvalue weighted by Crippen LogP contribution is 2.48. The van der Waals surface area contributed by atoms with E-state index in [0.717, 1.165) is 57.1 Å². The summed E-state index contributed by atoms with van der Waals surface area (Å²) in [5, 5.41) is 3.65. The van der Waals surface area contributed by atoms with Gasteiger partial charge in [0, 0.05) is 48.2 Å². The monoisotopic (exact) mass is 490 g/mol. The molecule has 2 aliphatic rings. The first kappa shape index (κ1) is 24.6. The molecular formula is C33H34N2O2. The Labute approximate surface area is 220 Å². The van der Waals surface area contributed by atoms with Crippen LogP contribution in [0.4, 0.5) is 5.69 Å². The van der Waals surface area contributed by atoms with Crippen LogP contribution in [0, 0.1) is 5.41 Å². The largest absolute Gasteiger partial charge is 0.497 e. The molecule has 0 saturated carbocycles. The molecule has 4 heteroatoms. The lowest BCUT2D eigenvalue weighted by Gasteiger charge is -2.40. The van der Waals surface area contributed by atoms with Gasteiger partial charge in [-0.05, 0) is 77.1 Å². The molecular weight excluding hydrogens is 456 g/mol. The average Bonchev–Trinajstić information content (AvgIpc) is 2.91. The summed E-state index contributed by atoms with van der Waals surface area (Å²) < 4.78 is 5.35. The highest BCUT2D eigenvalue weighted by molar-refractivity contribution is 6.15. The zero-order chi connectivity index (χ0) is 26.2. The fraction of sp³-hybridized carbons (Fsp3) is 0.242. The van der Waals surface area contributed by atoms with Crippen LogP contribution in [-0.4, -0.2) is 27.0 Å². The smallest absolute Gasteiger partial charge is 0.188 e. The Hall–Kier alpha value is -4.05. The van der Waals surface area contributed by atoms with Gasteiger partial charge in [-0.2, -0.15) is 0 Å². The van der Waals surface area contributed by atoms with Crippen LogP contribution in [-0.2, 0) is 4.79 Å². The van der Waals surface area contributed by atoms with Crippen molar-refractivity contribution in [3.63, 3.8) is 0 Å². The van der Waals surface area contributed by atoms with E-state index in [9.17, 15) is 4.79 Å². The maximum Gasteiger partial charge on any atom is 0.188 e. The standard InChI is InChI=1S/C33H34N2O2/c1-33(2)21-30-31(32(36)28(33)19-22-11-15-25(16-12-22)35(3)4)27(23-9-7-6-8-10-23)20-29(34-30)24-13-17-26(37-5)18-14-24/h6-20,27,34H,21H2,1-5H3/b28-19+. The van der Waals surface area contributed by atoms with Gasteiger partial charge in [0.1, 0.15) is 5.75 Å². The normalized spacial score (nSPS) is 19.7. The number of allylic oxidation sites excluding steroid dienone is 4. The van der Waals surface area contributed by atoms with E-state index in [2.05, 4.69) is 84.7 Å². The van der Waals surface area contributed by atoms with E-state index in [0.29, 0.717) is 0 Å². The first-order valence-electron chi connectivity index (χ1n) is 12.7. The Morgan fingerprint density at radius 1 is 0.946 bits per heavy atom. The minimum Gasteiger partial charge on any atom is -0.497 e. The molecule has 188 valence electrons. The predicted octanol–water partition coefficient (Wildman–Crippen LogP) is 6.83. The van der Waals surface area contributed by atoms with Crippen molar-refractivity contribution < 1.29 is 9.53 Å². The average molecular weight is 491 g/mol. The maximum absolute atomic E-state index is 14.2. The Morgan fingerprint density at radius 3 is 2.24 bits per heavy atom. The van der Waals surface area contributed by atoms with Crippen LogP contribution in [0.2, 0.25) is 0 Å². The second-order valence-electron chi connectivity index (χ2n) is 10.6. The molecule has 1 N–H and O–H groups in total. The molecule has 1 aliphatic carbocycles. The van der Waals surface area contributed by atoms with E-state index in [1.807, 2.05) is 44.4 Å². The van der Waals surface area contributed by atoms with Gasteiger partial charge in [-0.3, -0.25) is 4.79 Å². The van der Waals surface area contributed by atoms with Gasteiger partial charge in [0.25, 0.3) is 0 Å². The van der Waals surface area contributed by atoms with Gasteiger partial charge >= 0.3 is 0 Å². The van der Waals surface area contributed by atoms with E-state index < -0.39 is 0 Å². The van der Waals surface area contributed by atoms with Crippen LogP contribution < -0.4 is 15.0 Å². The molecule has 0 spiro atoms.